The van der Waals surface area contributed by atoms with Crippen LogP contribution in [0.15, 0.2) is 30.3 Å². The van der Waals surface area contributed by atoms with Crippen LogP contribution in [-0.2, 0) is 14.9 Å². The zero-order valence-electron chi connectivity index (χ0n) is 17.1. The van der Waals surface area contributed by atoms with Crippen LogP contribution >= 0.6 is 0 Å². The minimum Gasteiger partial charge on any atom is -0.481 e. The van der Waals surface area contributed by atoms with Gasteiger partial charge in [0.25, 0.3) is 0 Å². The van der Waals surface area contributed by atoms with Gasteiger partial charge in [-0.1, -0.05) is 0 Å². The molecule has 162 valence electrons. The summed E-state index contributed by atoms with van der Waals surface area (Å²) in [6.45, 7) is 2.63. The first-order chi connectivity index (χ1) is 15.0. The van der Waals surface area contributed by atoms with Gasteiger partial charge in [-0.3, -0.25) is 4.79 Å². The lowest BCUT2D eigenvalue weighted by atomic mass is 10.0. The molecule has 1 aromatic carbocycles. The third-order valence-electron chi connectivity index (χ3n) is 6.01. The molecule has 2 amide bonds. The lowest BCUT2D eigenvalue weighted by Crippen LogP contribution is -2.37. The number of carbonyl (C=O) groups excluding carboxylic acids is 1. The van der Waals surface area contributed by atoms with Crippen LogP contribution in [0.1, 0.15) is 31.4 Å². The Morgan fingerprint density at radius 2 is 1.81 bits per heavy atom. The van der Waals surface area contributed by atoms with Crippen LogP contribution in [-0.4, -0.2) is 59.4 Å². The number of urea groups is 1. The number of amides is 2. The molecule has 2 aliphatic carbocycles. The van der Waals surface area contributed by atoms with Crippen LogP contribution in [0, 0.1) is 0 Å². The second-order valence-electron chi connectivity index (χ2n) is 8.37. The van der Waals surface area contributed by atoms with Gasteiger partial charge in [-0.25, -0.2) is 14.8 Å². The lowest BCUT2D eigenvalue weighted by Gasteiger charge is -2.28. The number of hydrogen-bond acceptors (Lipinski definition) is 6. The van der Waals surface area contributed by atoms with Gasteiger partial charge in [0.2, 0.25) is 0 Å². The zero-order valence-corrected chi connectivity index (χ0v) is 17.1. The van der Waals surface area contributed by atoms with Crippen LogP contribution in [0.5, 0.6) is 0 Å². The number of carboxylic acid groups (broad SMARTS) is 1. The Morgan fingerprint density at radius 3 is 2.42 bits per heavy atom. The number of morpholine rings is 1. The number of nitrogens with one attached hydrogen (secondary N) is 2. The minimum atomic E-state index is -0.916. The monoisotopic (exact) mass is 423 g/mol. The number of aromatic nitrogens is 2. The Balaban J connectivity index is 1.43. The van der Waals surface area contributed by atoms with E-state index in [0.717, 1.165) is 24.2 Å². The Bertz CT molecular complexity index is 995. The molecule has 0 unspecified atom stereocenters. The van der Waals surface area contributed by atoms with Crippen molar-refractivity contribution in [2.24, 2.45) is 0 Å². The van der Waals surface area contributed by atoms with Crippen molar-refractivity contribution in [3.8, 4) is 11.4 Å². The molecule has 2 saturated carbocycles. The molecule has 3 N–H and O–H groups in total. The van der Waals surface area contributed by atoms with Crippen molar-refractivity contribution in [3.63, 3.8) is 0 Å². The average Bonchev–Trinajstić information content (AvgIpc) is 3.70. The summed E-state index contributed by atoms with van der Waals surface area (Å²) in [5.41, 5.74) is 1.08. The highest BCUT2D eigenvalue weighted by molar-refractivity contribution is 5.90. The number of rotatable bonds is 6. The number of benzene rings is 1. The van der Waals surface area contributed by atoms with Gasteiger partial charge in [-0.05, 0) is 49.9 Å². The molecule has 0 spiro atoms. The fourth-order valence-corrected chi connectivity index (χ4v) is 3.75. The molecule has 1 aliphatic heterocycles. The van der Waals surface area contributed by atoms with E-state index in [2.05, 4.69) is 20.5 Å². The quantitative estimate of drug-likeness (QED) is 0.653. The van der Waals surface area contributed by atoms with E-state index >= 15 is 0 Å². The number of carboxylic acids is 1. The predicted octanol–water partition coefficient (Wildman–Crippen LogP) is 2.38. The summed E-state index contributed by atoms with van der Waals surface area (Å²) in [4.78, 5) is 35.3. The van der Waals surface area contributed by atoms with Crippen molar-refractivity contribution >= 4 is 23.5 Å². The van der Waals surface area contributed by atoms with Crippen molar-refractivity contribution in [3.05, 3.63) is 36.0 Å². The molecule has 0 atom stereocenters. The molecule has 0 radical (unpaired) electrons. The molecule has 2 aromatic rings. The van der Waals surface area contributed by atoms with Crippen molar-refractivity contribution < 1.29 is 19.4 Å². The average molecular weight is 423 g/mol. The highest BCUT2D eigenvalue weighted by Crippen LogP contribution is 2.48. The maximum atomic E-state index is 11.9. The summed E-state index contributed by atoms with van der Waals surface area (Å²) in [6.07, 6.45) is 3.23. The fourth-order valence-electron chi connectivity index (χ4n) is 3.75. The van der Waals surface area contributed by atoms with Gasteiger partial charge in [0, 0.05) is 36.4 Å². The molecule has 31 heavy (non-hydrogen) atoms. The van der Waals surface area contributed by atoms with Gasteiger partial charge in [0.15, 0.2) is 5.82 Å². The van der Waals surface area contributed by atoms with Crippen LogP contribution in [0.4, 0.5) is 16.3 Å². The van der Waals surface area contributed by atoms with Crippen LogP contribution in [0.25, 0.3) is 11.4 Å². The third kappa shape index (κ3) is 4.18. The summed E-state index contributed by atoms with van der Waals surface area (Å²) in [6, 6.07) is 9.18. The number of nitrogens with zero attached hydrogens (tertiary/aromatic N) is 3. The highest BCUT2D eigenvalue weighted by atomic mass is 16.5. The second-order valence-corrected chi connectivity index (χ2v) is 8.37. The van der Waals surface area contributed by atoms with Crippen LogP contribution in [0.2, 0.25) is 0 Å². The van der Waals surface area contributed by atoms with Gasteiger partial charge < -0.3 is 25.4 Å². The normalized spacial score (nSPS) is 19.5. The molecule has 3 fully saturated rings. The molecule has 1 aromatic heterocycles. The molecule has 2 heterocycles. The van der Waals surface area contributed by atoms with Crippen molar-refractivity contribution in [2.75, 3.05) is 36.5 Å². The first kappa shape index (κ1) is 19.7. The minimum absolute atomic E-state index is 0.208. The third-order valence-corrected chi connectivity index (χ3v) is 6.01. The summed E-state index contributed by atoms with van der Waals surface area (Å²) in [7, 11) is 0. The molecule has 3 aliphatic rings. The predicted molar refractivity (Wildman–Crippen MR) is 114 cm³/mol. The fraction of sp³-hybridized carbons (Fsp3) is 0.455. The number of anilines is 2. The number of aliphatic carboxylic acids is 1. The molecule has 5 rings (SSSR count). The van der Waals surface area contributed by atoms with E-state index in [0.29, 0.717) is 56.4 Å². The van der Waals surface area contributed by atoms with E-state index in [1.807, 2.05) is 18.2 Å². The Labute approximate surface area is 179 Å². The van der Waals surface area contributed by atoms with Gasteiger partial charge in [-0.15, -0.1) is 0 Å². The first-order valence-corrected chi connectivity index (χ1v) is 10.7. The smallest absolute Gasteiger partial charge is 0.319 e. The van der Waals surface area contributed by atoms with Crippen molar-refractivity contribution in [2.45, 2.75) is 37.1 Å². The van der Waals surface area contributed by atoms with Crippen molar-refractivity contribution in [1.82, 2.24) is 15.3 Å². The van der Waals surface area contributed by atoms with Gasteiger partial charge >= 0.3 is 12.0 Å². The maximum absolute atomic E-state index is 11.9. The highest BCUT2D eigenvalue weighted by Gasteiger charge is 2.53. The van der Waals surface area contributed by atoms with Gasteiger partial charge in [0.05, 0.1) is 18.9 Å². The number of hydrogen-bond donors (Lipinski definition) is 3. The van der Waals surface area contributed by atoms with Gasteiger partial charge in [-0.2, -0.15) is 0 Å². The van der Waals surface area contributed by atoms with E-state index in [4.69, 9.17) is 9.72 Å². The Morgan fingerprint density at radius 1 is 1.10 bits per heavy atom. The van der Waals surface area contributed by atoms with E-state index in [9.17, 15) is 14.7 Å². The molecule has 0 bridgehead atoms. The zero-order chi connectivity index (χ0) is 21.4. The summed E-state index contributed by atoms with van der Waals surface area (Å²) in [5.74, 6) is 0.369. The summed E-state index contributed by atoms with van der Waals surface area (Å²) >= 11 is 0. The van der Waals surface area contributed by atoms with Crippen LogP contribution < -0.4 is 15.5 Å². The van der Waals surface area contributed by atoms with E-state index in [1.165, 1.54) is 0 Å². The number of ether oxygens (including phenoxy) is 1. The molecule has 9 nitrogen and oxygen atoms in total. The lowest BCUT2D eigenvalue weighted by molar-refractivity contribution is -0.140. The Kier molecular flexibility index (Phi) is 4.97. The first-order valence-electron chi connectivity index (χ1n) is 10.7. The molecule has 9 heteroatoms. The largest absolute Gasteiger partial charge is 0.481 e. The topological polar surface area (TPSA) is 117 Å². The van der Waals surface area contributed by atoms with E-state index in [-0.39, 0.29) is 12.1 Å². The molecular weight excluding hydrogens is 398 g/mol. The SMILES string of the molecule is O=C(Nc1ccc(-c2nc(N3CCOCC3)cc(C3(C(=O)O)CC3)n2)cc1)NC1CC1. The molecule has 1 saturated heterocycles. The summed E-state index contributed by atoms with van der Waals surface area (Å²) < 4.78 is 5.44. The van der Waals surface area contributed by atoms with E-state index < -0.39 is 11.4 Å². The standard InChI is InChI=1S/C22H25N5O4/c28-20(29)22(7-8-22)17-13-18(27-9-11-31-12-10-27)26-19(25-17)14-1-3-15(4-2-14)23-21(30)24-16-5-6-16/h1-4,13,16H,5-12H2,(H,28,29)(H2,23,24,30). The Hall–Kier alpha value is -3.20. The number of carbonyl (C=O) groups is 2. The maximum Gasteiger partial charge on any atom is 0.319 e. The molecular formula is C22H25N5O4. The van der Waals surface area contributed by atoms with Crippen molar-refractivity contribution in [1.29, 1.82) is 0 Å². The second kappa shape index (κ2) is 7.81. The van der Waals surface area contributed by atoms with E-state index in [1.54, 1.807) is 12.1 Å². The van der Waals surface area contributed by atoms with Gasteiger partial charge in [0.1, 0.15) is 11.2 Å². The summed E-state index contributed by atoms with van der Waals surface area (Å²) in [5, 5.41) is 15.5. The van der Waals surface area contributed by atoms with Crippen LogP contribution in [0.3, 0.4) is 0 Å².